The molecule has 1 aromatic rings. The van der Waals surface area contributed by atoms with Gasteiger partial charge in [-0.25, -0.2) is 0 Å². The zero-order valence-electron chi connectivity index (χ0n) is 9.24. The van der Waals surface area contributed by atoms with Gasteiger partial charge in [-0.15, -0.1) is 0 Å². The van der Waals surface area contributed by atoms with Crippen molar-refractivity contribution in [3.63, 3.8) is 0 Å². The van der Waals surface area contributed by atoms with Crippen LogP contribution in [-0.4, -0.2) is 29.8 Å². The summed E-state index contributed by atoms with van der Waals surface area (Å²) in [6.07, 6.45) is 0.168. The Balaban J connectivity index is 2.19. The predicted molar refractivity (Wildman–Crippen MR) is 68.4 cm³/mol. The quantitative estimate of drug-likeness (QED) is 0.635. The van der Waals surface area contributed by atoms with Crippen LogP contribution in [-0.2, 0) is 9.59 Å². The van der Waals surface area contributed by atoms with Crippen molar-refractivity contribution in [2.75, 3.05) is 18.1 Å². The Hall–Kier alpha value is -1.56. The number of carbonyl (C=O) groups is 2. The summed E-state index contributed by atoms with van der Waals surface area (Å²) in [5, 5.41) is 2.99. The molecule has 1 fully saturated rings. The van der Waals surface area contributed by atoms with Crippen LogP contribution in [0.3, 0.4) is 0 Å². The van der Waals surface area contributed by atoms with Crippen molar-refractivity contribution >= 4 is 39.1 Å². The van der Waals surface area contributed by atoms with Crippen LogP contribution in [0.1, 0.15) is 6.42 Å². The minimum Gasteiger partial charge on any atom is -0.397 e. The summed E-state index contributed by atoms with van der Waals surface area (Å²) < 4.78 is 0.860. The van der Waals surface area contributed by atoms with E-state index < -0.39 is 6.04 Å². The van der Waals surface area contributed by atoms with E-state index in [1.54, 1.807) is 12.1 Å². The van der Waals surface area contributed by atoms with Crippen molar-refractivity contribution in [1.82, 2.24) is 4.90 Å². The second kappa shape index (κ2) is 4.37. The molecule has 0 aromatic heterocycles. The maximum Gasteiger partial charge on any atom is 0.251 e. The van der Waals surface area contributed by atoms with Crippen molar-refractivity contribution in [3.8, 4) is 0 Å². The molecule has 6 heteroatoms. The summed E-state index contributed by atoms with van der Waals surface area (Å²) in [6, 6.07) is 4.81. The first kappa shape index (κ1) is 11.9. The molecule has 2 rings (SSSR count). The highest BCUT2D eigenvalue weighted by Gasteiger charge is 2.36. The Morgan fingerprint density at radius 3 is 2.76 bits per heavy atom. The molecule has 0 saturated carbocycles. The number of imide groups is 1. The number of anilines is 2. The molecule has 1 heterocycles. The van der Waals surface area contributed by atoms with Crippen LogP contribution in [0.15, 0.2) is 22.7 Å². The van der Waals surface area contributed by atoms with Crippen LogP contribution < -0.4 is 11.1 Å². The second-order valence-electron chi connectivity index (χ2n) is 3.92. The summed E-state index contributed by atoms with van der Waals surface area (Å²) in [4.78, 5) is 24.2. The van der Waals surface area contributed by atoms with Crippen LogP contribution in [0.4, 0.5) is 11.4 Å². The third kappa shape index (κ3) is 2.26. The lowest BCUT2D eigenvalue weighted by molar-refractivity contribution is -0.136. The van der Waals surface area contributed by atoms with E-state index in [9.17, 15) is 9.59 Å². The maximum atomic E-state index is 11.7. The van der Waals surface area contributed by atoms with E-state index in [0.29, 0.717) is 11.4 Å². The van der Waals surface area contributed by atoms with Gasteiger partial charge in [-0.2, -0.15) is 0 Å². The first-order chi connectivity index (χ1) is 7.99. The summed E-state index contributed by atoms with van der Waals surface area (Å²) in [5.41, 5.74) is 6.99. The van der Waals surface area contributed by atoms with Crippen molar-refractivity contribution in [2.45, 2.75) is 12.5 Å². The standard InChI is InChI=1S/C11H12BrN3O2/c1-15-10(16)5-9(11(15)17)14-8-4-6(12)2-3-7(8)13/h2-4,9,14H,5,13H2,1H3. The van der Waals surface area contributed by atoms with Crippen molar-refractivity contribution in [3.05, 3.63) is 22.7 Å². The molecule has 3 N–H and O–H groups in total. The predicted octanol–water partition coefficient (Wildman–Crippen LogP) is 1.20. The minimum atomic E-state index is -0.524. The highest BCUT2D eigenvalue weighted by atomic mass is 79.9. The number of rotatable bonds is 2. The zero-order chi connectivity index (χ0) is 12.6. The molecule has 1 unspecified atom stereocenters. The number of benzene rings is 1. The molecule has 0 radical (unpaired) electrons. The number of hydrogen-bond acceptors (Lipinski definition) is 4. The Labute approximate surface area is 107 Å². The highest BCUT2D eigenvalue weighted by molar-refractivity contribution is 9.10. The van der Waals surface area contributed by atoms with E-state index in [2.05, 4.69) is 21.2 Å². The average Bonchev–Trinajstić information content (AvgIpc) is 2.52. The molecule has 0 spiro atoms. The van der Waals surface area contributed by atoms with E-state index in [1.807, 2.05) is 6.07 Å². The Morgan fingerprint density at radius 2 is 2.18 bits per heavy atom. The Bertz CT molecular complexity index is 490. The monoisotopic (exact) mass is 297 g/mol. The number of halogens is 1. The lowest BCUT2D eigenvalue weighted by Crippen LogP contribution is -2.32. The van der Waals surface area contributed by atoms with Crippen LogP contribution in [0.2, 0.25) is 0 Å². The fourth-order valence-corrected chi connectivity index (χ4v) is 2.07. The van der Waals surface area contributed by atoms with Crippen LogP contribution in [0, 0.1) is 0 Å². The normalized spacial score (nSPS) is 19.9. The summed E-state index contributed by atoms with van der Waals surface area (Å²) in [5.74, 6) is -0.407. The third-order valence-electron chi connectivity index (χ3n) is 2.73. The van der Waals surface area contributed by atoms with Crippen molar-refractivity contribution < 1.29 is 9.59 Å². The average molecular weight is 298 g/mol. The molecule has 1 aliphatic heterocycles. The Morgan fingerprint density at radius 1 is 1.47 bits per heavy atom. The van der Waals surface area contributed by atoms with Gasteiger partial charge < -0.3 is 11.1 Å². The van der Waals surface area contributed by atoms with E-state index in [0.717, 1.165) is 9.37 Å². The first-order valence-corrected chi connectivity index (χ1v) is 5.90. The zero-order valence-corrected chi connectivity index (χ0v) is 10.8. The summed E-state index contributed by atoms with van der Waals surface area (Å²) in [6.45, 7) is 0. The van der Waals surface area contributed by atoms with Crippen LogP contribution in [0.25, 0.3) is 0 Å². The van der Waals surface area contributed by atoms with E-state index in [4.69, 9.17) is 5.73 Å². The summed E-state index contributed by atoms with van der Waals surface area (Å²) in [7, 11) is 1.48. The van der Waals surface area contributed by atoms with Gasteiger partial charge in [0.2, 0.25) is 5.91 Å². The van der Waals surface area contributed by atoms with Gasteiger partial charge in [-0.3, -0.25) is 14.5 Å². The number of nitrogens with two attached hydrogens (primary N) is 1. The van der Waals surface area contributed by atoms with Gasteiger partial charge >= 0.3 is 0 Å². The van der Waals surface area contributed by atoms with Gasteiger partial charge in [0.15, 0.2) is 0 Å². The lowest BCUT2D eigenvalue weighted by atomic mass is 10.2. The molecule has 5 nitrogen and oxygen atoms in total. The van der Waals surface area contributed by atoms with Gasteiger partial charge in [-0.05, 0) is 18.2 Å². The smallest absolute Gasteiger partial charge is 0.251 e. The van der Waals surface area contributed by atoms with E-state index in [1.165, 1.54) is 7.05 Å². The molecule has 0 aliphatic carbocycles. The SMILES string of the molecule is CN1C(=O)CC(Nc2cc(Br)ccc2N)C1=O. The van der Waals surface area contributed by atoms with Gasteiger partial charge in [0.25, 0.3) is 5.91 Å². The number of amides is 2. The fraction of sp³-hybridized carbons (Fsp3) is 0.273. The highest BCUT2D eigenvalue weighted by Crippen LogP contribution is 2.26. The van der Waals surface area contributed by atoms with E-state index in [-0.39, 0.29) is 18.2 Å². The second-order valence-corrected chi connectivity index (χ2v) is 4.84. The molecule has 17 heavy (non-hydrogen) atoms. The number of nitrogen functional groups attached to an aromatic ring is 1. The number of nitrogens with one attached hydrogen (secondary N) is 1. The fourth-order valence-electron chi connectivity index (χ4n) is 1.71. The largest absolute Gasteiger partial charge is 0.397 e. The molecule has 0 bridgehead atoms. The molecule has 90 valence electrons. The first-order valence-electron chi connectivity index (χ1n) is 5.11. The number of likely N-dealkylation sites (tertiary alicyclic amines) is 1. The maximum absolute atomic E-state index is 11.7. The number of carbonyl (C=O) groups excluding carboxylic acids is 2. The topological polar surface area (TPSA) is 75.4 Å². The molecule has 1 aromatic carbocycles. The Kier molecular flexibility index (Phi) is 3.06. The molecular formula is C11H12BrN3O2. The van der Waals surface area contributed by atoms with Crippen molar-refractivity contribution in [1.29, 1.82) is 0 Å². The van der Waals surface area contributed by atoms with Gasteiger partial charge in [-0.1, -0.05) is 15.9 Å². The number of hydrogen-bond donors (Lipinski definition) is 2. The molecule has 1 aliphatic rings. The molecule has 1 saturated heterocycles. The molecule has 1 atom stereocenters. The van der Waals surface area contributed by atoms with E-state index >= 15 is 0 Å². The van der Waals surface area contributed by atoms with Gasteiger partial charge in [0, 0.05) is 11.5 Å². The summed E-state index contributed by atoms with van der Waals surface area (Å²) >= 11 is 3.33. The third-order valence-corrected chi connectivity index (χ3v) is 3.22. The lowest BCUT2D eigenvalue weighted by Gasteiger charge is -2.14. The molecular weight excluding hydrogens is 286 g/mol. The number of nitrogens with zero attached hydrogens (tertiary/aromatic N) is 1. The minimum absolute atomic E-state index is 0.168. The molecule has 2 amide bonds. The van der Waals surface area contributed by atoms with Gasteiger partial charge in [0.05, 0.1) is 17.8 Å². The van der Waals surface area contributed by atoms with Crippen molar-refractivity contribution in [2.24, 2.45) is 0 Å². The number of likely N-dealkylation sites (N-methyl/N-ethyl adjacent to an activating group) is 1. The van der Waals surface area contributed by atoms with Crippen LogP contribution in [0.5, 0.6) is 0 Å². The van der Waals surface area contributed by atoms with Crippen LogP contribution >= 0.6 is 15.9 Å². The van der Waals surface area contributed by atoms with Gasteiger partial charge in [0.1, 0.15) is 6.04 Å².